The lowest BCUT2D eigenvalue weighted by Crippen LogP contribution is -2.49. The summed E-state index contributed by atoms with van der Waals surface area (Å²) in [5.41, 5.74) is 1.22. The second-order valence-corrected chi connectivity index (χ2v) is 9.98. The fourth-order valence-corrected chi connectivity index (χ4v) is 5.21. The van der Waals surface area contributed by atoms with Crippen LogP contribution in [0.25, 0.3) is 0 Å². The van der Waals surface area contributed by atoms with Crippen molar-refractivity contribution >= 4 is 27.4 Å². The van der Waals surface area contributed by atoms with Crippen molar-refractivity contribution < 1.29 is 31.9 Å². The molecule has 1 amide bonds. The first-order chi connectivity index (χ1) is 16.9. The van der Waals surface area contributed by atoms with E-state index in [9.17, 15) is 18.0 Å². The molecule has 9 nitrogen and oxygen atoms in total. The van der Waals surface area contributed by atoms with E-state index < -0.39 is 28.2 Å². The van der Waals surface area contributed by atoms with E-state index in [4.69, 9.17) is 13.9 Å². The maximum atomic E-state index is 12.6. The molecule has 1 aliphatic rings. The van der Waals surface area contributed by atoms with E-state index in [0.29, 0.717) is 26.2 Å². The van der Waals surface area contributed by atoms with Crippen molar-refractivity contribution in [2.45, 2.75) is 10.6 Å². The molecule has 0 saturated carbocycles. The second-order valence-electron chi connectivity index (χ2n) is 7.99. The molecule has 1 fully saturated rings. The lowest BCUT2D eigenvalue weighted by molar-refractivity contribution is -0.134. The van der Waals surface area contributed by atoms with Gasteiger partial charge in [-0.3, -0.25) is 4.79 Å². The highest BCUT2D eigenvalue weighted by atomic mass is 32.2. The van der Waals surface area contributed by atoms with E-state index in [-0.39, 0.29) is 22.1 Å². The number of piperazine rings is 1. The molecule has 4 rings (SSSR count). The van der Waals surface area contributed by atoms with Crippen LogP contribution in [0.2, 0.25) is 0 Å². The van der Waals surface area contributed by atoms with E-state index in [1.165, 1.54) is 24.5 Å². The first kappa shape index (κ1) is 24.3. The van der Waals surface area contributed by atoms with Crippen LogP contribution < -0.4 is 9.64 Å². The molecule has 0 bridgehead atoms. The third-order valence-corrected chi connectivity index (χ3v) is 7.46. The van der Waals surface area contributed by atoms with Gasteiger partial charge in [0, 0.05) is 37.4 Å². The number of sulfone groups is 1. The molecule has 35 heavy (non-hydrogen) atoms. The summed E-state index contributed by atoms with van der Waals surface area (Å²) < 4.78 is 40.8. The minimum Gasteiger partial charge on any atom is -0.497 e. The van der Waals surface area contributed by atoms with Crippen LogP contribution in [0.15, 0.2) is 76.2 Å². The number of carbonyl (C=O) groups is 2. The van der Waals surface area contributed by atoms with Crippen LogP contribution in [0.4, 0.5) is 5.69 Å². The number of rotatable bonds is 8. The average Bonchev–Trinajstić information content (AvgIpc) is 3.35. The minimum atomic E-state index is -3.67. The van der Waals surface area contributed by atoms with Crippen molar-refractivity contribution in [2.75, 3.05) is 44.8 Å². The molecule has 0 aliphatic carbocycles. The Hall–Kier alpha value is -3.79. The molecule has 184 valence electrons. The maximum Gasteiger partial charge on any atom is 0.375 e. The summed E-state index contributed by atoms with van der Waals surface area (Å²) in [6.45, 7) is 1.82. The normalized spacial score (nSPS) is 14.0. The molecule has 10 heteroatoms. The third kappa shape index (κ3) is 5.83. The smallest absolute Gasteiger partial charge is 0.375 e. The molecule has 0 spiro atoms. The zero-order valence-corrected chi connectivity index (χ0v) is 20.1. The Balaban J connectivity index is 1.29. The van der Waals surface area contributed by atoms with Crippen molar-refractivity contribution in [2.24, 2.45) is 0 Å². The van der Waals surface area contributed by atoms with Gasteiger partial charge in [-0.25, -0.2) is 13.2 Å². The van der Waals surface area contributed by atoms with Crippen LogP contribution in [-0.2, 0) is 25.1 Å². The molecule has 2 heterocycles. The van der Waals surface area contributed by atoms with Crippen LogP contribution in [0, 0.1) is 0 Å². The Morgan fingerprint density at radius 2 is 1.63 bits per heavy atom. The average molecular weight is 499 g/mol. The van der Waals surface area contributed by atoms with Gasteiger partial charge >= 0.3 is 5.97 Å². The van der Waals surface area contributed by atoms with Gasteiger partial charge in [0.05, 0.1) is 24.0 Å². The molecule has 1 aliphatic heterocycles. The number of carbonyl (C=O) groups excluding carboxylic acids is 2. The van der Waals surface area contributed by atoms with Crippen LogP contribution in [0.3, 0.4) is 0 Å². The molecule has 1 saturated heterocycles. The number of benzene rings is 2. The predicted octanol–water partition coefficient (Wildman–Crippen LogP) is 2.77. The van der Waals surface area contributed by atoms with Gasteiger partial charge in [0.1, 0.15) is 5.75 Å². The molecule has 0 radical (unpaired) electrons. The number of anilines is 1. The molecule has 3 aromatic rings. The first-order valence-corrected chi connectivity index (χ1v) is 12.7. The summed E-state index contributed by atoms with van der Waals surface area (Å²) in [7, 11) is -2.06. The van der Waals surface area contributed by atoms with Gasteiger partial charge in [-0.05, 0) is 42.5 Å². The first-order valence-electron chi connectivity index (χ1n) is 11.1. The number of amides is 1. The largest absolute Gasteiger partial charge is 0.497 e. The molecule has 0 atom stereocenters. The number of nitrogens with zero attached hydrogens (tertiary/aromatic N) is 2. The van der Waals surface area contributed by atoms with Crippen LogP contribution in [0.1, 0.15) is 16.1 Å². The Labute approximate surface area is 203 Å². The topological polar surface area (TPSA) is 106 Å². The van der Waals surface area contributed by atoms with Gasteiger partial charge in [-0.1, -0.05) is 18.2 Å². The van der Waals surface area contributed by atoms with E-state index >= 15 is 0 Å². The predicted molar refractivity (Wildman–Crippen MR) is 128 cm³/mol. The SMILES string of the molecule is COc1ccc(N2CCN(C(=O)COC(=O)c3occc3CS(=O)(=O)c3ccccc3)CC2)cc1. The third-order valence-electron chi connectivity index (χ3n) is 5.78. The molecule has 0 N–H and O–H groups in total. The Morgan fingerprint density at radius 3 is 2.29 bits per heavy atom. The van der Waals surface area contributed by atoms with Gasteiger partial charge < -0.3 is 23.7 Å². The standard InChI is InChI=1S/C25H26N2O7S/c1-32-21-9-7-20(8-10-21)26-12-14-27(15-13-26)23(28)17-34-25(29)24-19(11-16-33-24)18-35(30,31)22-5-3-2-4-6-22/h2-11,16H,12-15,17-18H2,1H3. The van der Waals surface area contributed by atoms with Gasteiger partial charge in [0.25, 0.3) is 5.91 Å². The van der Waals surface area contributed by atoms with Gasteiger partial charge in [-0.15, -0.1) is 0 Å². The quantitative estimate of drug-likeness (QED) is 0.437. The van der Waals surface area contributed by atoms with Gasteiger partial charge in [0.2, 0.25) is 5.76 Å². The van der Waals surface area contributed by atoms with Gasteiger partial charge in [0.15, 0.2) is 16.4 Å². The molecule has 0 unspecified atom stereocenters. The fraction of sp³-hybridized carbons (Fsp3) is 0.280. The highest BCUT2D eigenvalue weighted by molar-refractivity contribution is 7.90. The van der Waals surface area contributed by atoms with E-state index in [1.54, 1.807) is 30.2 Å². The van der Waals surface area contributed by atoms with E-state index in [1.807, 2.05) is 24.3 Å². The summed E-state index contributed by atoms with van der Waals surface area (Å²) in [5, 5.41) is 0. The lowest BCUT2D eigenvalue weighted by Gasteiger charge is -2.36. The summed E-state index contributed by atoms with van der Waals surface area (Å²) in [6, 6.07) is 17.1. The van der Waals surface area contributed by atoms with Crippen molar-refractivity contribution in [1.29, 1.82) is 0 Å². The Kier molecular flexibility index (Phi) is 7.40. The summed E-state index contributed by atoms with van der Waals surface area (Å²) in [4.78, 5) is 29.1. The molecular weight excluding hydrogens is 472 g/mol. The summed E-state index contributed by atoms with van der Waals surface area (Å²) in [5.74, 6) is -1.06. The van der Waals surface area contributed by atoms with Crippen molar-refractivity contribution in [3.05, 3.63) is 78.3 Å². The summed E-state index contributed by atoms with van der Waals surface area (Å²) >= 11 is 0. The minimum absolute atomic E-state index is 0.143. The zero-order chi connectivity index (χ0) is 24.8. The number of hydrogen-bond acceptors (Lipinski definition) is 8. The Bertz CT molecular complexity index is 1260. The Morgan fingerprint density at radius 1 is 0.943 bits per heavy atom. The van der Waals surface area contributed by atoms with Crippen LogP contribution >= 0.6 is 0 Å². The number of hydrogen-bond donors (Lipinski definition) is 0. The second kappa shape index (κ2) is 10.6. The van der Waals surface area contributed by atoms with Crippen LogP contribution in [-0.4, -0.2) is 65.1 Å². The van der Waals surface area contributed by atoms with E-state index in [2.05, 4.69) is 4.90 Å². The van der Waals surface area contributed by atoms with Crippen molar-refractivity contribution in [3.8, 4) is 5.75 Å². The van der Waals surface area contributed by atoms with Gasteiger partial charge in [-0.2, -0.15) is 0 Å². The van der Waals surface area contributed by atoms with Crippen LogP contribution in [0.5, 0.6) is 5.75 Å². The number of ether oxygens (including phenoxy) is 2. The molecule has 2 aromatic carbocycles. The highest BCUT2D eigenvalue weighted by Gasteiger charge is 2.26. The lowest BCUT2D eigenvalue weighted by atomic mass is 10.2. The number of esters is 1. The van der Waals surface area contributed by atoms with E-state index in [0.717, 1.165) is 11.4 Å². The van der Waals surface area contributed by atoms with Crippen molar-refractivity contribution in [1.82, 2.24) is 4.90 Å². The number of furan rings is 1. The number of methoxy groups -OCH3 is 1. The summed E-state index contributed by atoms with van der Waals surface area (Å²) in [6.07, 6.45) is 1.23. The fourth-order valence-electron chi connectivity index (χ4n) is 3.84. The van der Waals surface area contributed by atoms with Crippen molar-refractivity contribution in [3.63, 3.8) is 0 Å². The molecule has 1 aromatic heterocycles. The molecular formula is C25H26N2O7S. The maximum absolute atomic E-state index is 12.6. The zero-order valence-electron chi connectivity index (χ0n) is 19.3. The monoisotopic (exact) mass is 498 g/mol. The highest BCUT2D eigenvalue weighted by Crippen LogP contribution is 2.22.